The number of carboxylic acids is 1. The Labute approximate surface area is 121 Å². The molecule has 0 spiro atoms. The number of sulfone groups is 1. The van der Waals surface area contributed by atoms with Gasteiger partial charge in [0.25, 0.3) is 0 Å². The molecule has 4 nitrogen and oxygen atoms in total. The summed E-state index contributed by atoms with van der Waals surface area (Å²) < 4.78 is 37.4. The lowest BCUT2D eigenvalue weighted by atomic mass is 10.1. The highest BCUT2D eigenvalue weighted by Gasteiger charge is 2.47. The lowest BCUT2D eigenvalue weighted by molar-refractivity contribution is -0.138. The van der Waals surface area contributed by atoms with Crippen LogP contribution in [0, 0.1) is 11.2 Å². The molecule has 1 aromatic carbocycles. The molecule has 0 atom stereocenters. The summed E-state index contributed by atoms with van der Waals surface area (Å²) in [5, 5.41) is 8.72. The normalized spacial score (nSPS) is 16.9. The van der Waals surface area contributed by atoms with Gasteiger partial charge in [0, 0.05) is 0 Å². The Kier molecular flexibility index (Phi) is 4.07. The third-order valence-corrected chi connectivity index (χ3v) is 5.51. The highest BCUT2D eigenvalue weighted by atomic mass is 35.5. The van der Waals surface area contributed by atoms with Crippen LogP contribution >= 0.6 is 11.6 Å². The van der Waals surface area contributed by atoms with E-state index in [-0.39, 0.29) is 22.9 Å². The summed E-state index contributed by atoms with van der Waals surface area (Å²) >= 11 is 5.54. The van der Waals surface area contributed by atoms with Gasteiger partial charge in [0.15, 0.2) is 9.84 Å². The van der Waals surface area contributed by atoms with Crippen LogP contribution in [0.5, 0.6) is 0 Å². The van der Waals surface area contributed by atoms with Gasteiger partial charge in [0.1, 0.15) is 5.82 Å². The van der Waals surface area contributed by atoms with Crippen LogP contribution in [-0.4, -0.2) is 25.2 Å². The molecular weight excluding hydrogens is 307 g/mol. The number of benzene rings is 1. The summed E-state index contributed by atoms with van der Waals surface area (Å²) in [6, 6.07) is 3.86. The standard InChI is InChI=1S/C13H14ClFO4S/c14-10-2-1-9(5-11(10)15)7-20(18,19)8-13(3-4-13)6-12(16)17/h1-2,5H,3-4,6-8H2,(H,16,17). The summed E-state index contributed by atoms with van der Waals surface area (Å²) in [5.74, 6) is -2.12. The van der Waals surface area contributed by atoms with Gasteiger partial charge in [0.05, 0.1) is 22.9 Å². The molecule has 2 rings (SSSR count). The van der Waals surface area contributed by atoms with E-state index in [1.165, 1.54) is 12.1 Å². The Bertz CT molecular complexity index is 638. The molecule has 110 valence electrons. The predicted molar refractivity (Wildman–Crippen MR) is 72.8 cm³/mol. The lowest BCUT2D eigenvalue weighted by Crippen LogP contribution is -2.21. The van der Waals surface area contributed by atoms with Gasteiger partial charge in [0.2, 0.25) is 0 Å². The quantitative estimate of drug-likeness (QED) is 0.874. The van der Waals surface area contributed by atoms with Crippen LogP contribution in [0.1, 0.15) is 24.8 Å². The van der Waals surface area contributed by atoms with Crippen molar-refractivity contribution in [3.8, 4) is 0 Å². The molecule has 1 saturated carbocycles. The van der Waals surface area contributed by atoms with Gasteiger partial charge < -0.3 is 5.11 Å². The first-order chi connectivity index (χ1) is 9.21. The highest BCUT2D eigenvalue weighted by Crippen LogP contribution is 2.50. The zero-order valence-corrected chi connectivity index (χ0v) is 12.2. The van der Waals surface area contributed by atoms with E-state index in [1.54, 1.807) is 0 Å². The minimum absolute atomic E-state index is 0.0595. The van der Waals surface area contributed by atoms with Crippen LogP contribution in [0.3, 0.4) is 0 Å². The summed E-state index contributed by atoms with van der Waals surface area (Å²) in [5.41, 5.74) is -0.312. The molecule has 1 aliphatic rings. The van der Waals surface area contributed by atoms with E-state index in [0.29, 0.717) is 18.4 Å². The fraction of sp³-hybridized carbons (Fsp3) is 0.462. The molecule has 1 fully saturated rings. The van der Waals surface area contributed by atoms with Gasteiger partial charge >= 0.3 is 5.97 Å². The van der Waals surface area contributed by atoms with Crippen molar-refractivity contribution < 1.29 is 22.7 Å². The summed E-state index contributed by atoms with van der Waals surface area (Å²) in [7, 11) is -3.48. The molecule has 1 aromatic rings. The third-order valence-electron chi connectivity index (χ3n) is 3.38. The van der Waals surface area contributed by atoms with E-state index in [9.17, 15) is 17.6 Å². The minimum Gasteiger partial charge on any atom is -0.481 e. The largest absolute Gasteiger partial charge is 0.481 e. The number of carbonyl (C=O) groups is 1. The second-order valence-corrected chi connectivity index (χ2v) is 7.82. The number of aliphatic carboxylic acids is 1. The monoisotopic (exact) mass is 320 g/mol. The Balaban J connectivity index is 2.08. The van der Waals surface area contributed by atoms with Crippen molar-refractivity contribution in [2.24, 2.45) is 5.41 Å². The molecule has 0 heterocycles. The first-order valence-electron chi connectivity index (χ1n) is 6.08. The molecular formula is C13H14ClFO4S. The minimum atomic E-state index is -3.48. The van der Waals surface area contributed by atoms with Crippen molar-refractivity contribution in [3.05, 3.63) is 34.6 Å². The van der Waals surface area contributed by atoms with Crippen LogP contribution in [0.15, 0.2) is 18.2 Å². The van der Waals surface area contributed by atoms with Crippen molar-refractivity contribution in [1.82, 2.24) is 0 Å². The zero-order chi connectivity index (χ0) is 15.0. The maximum atomic E-state index is 13.3. The number of halogens is 2. The van der Waals surface area contributed by atoms with Gasteiger partial charge in [-0.3, -0.25) is 4.79 Å². The van der Waals surface area contributed by atoms with Crippen LogP contribution < -0.4 is 0 Å². The Morgan fingerprint density at radius 2 is 2.05 bits per heavy atom. The maximum Gasteiger partial charge on any atom is 0.303 e. The third kappa shape index (κ3) is 3.93. The van der Waals surface area contributed by atoms with E-state index in [4.69, 9.17) is 16.7 Å². The van der Waals surface area contributed by atoms with Crippen molar-refractivity contribution in [3.63, 3.8) is 0 Å². The Hall–Kier alpha value is -1.14. The summed E-state index contributed by atoms with van der Waals surface area (Å²) in [6.07, 6.45) is 1.07. The van der Waals surface area contributed by atoms with Gasteiger partial charge in [-0.15, -0.1) is 0 Å². The number of hydrogen-bond donors (Lipinski definition) is 1. The van der Waals surface area contributed by atoms with Crippen LogP contribution in [0.2, 0.25) is 5.02 Å². The predicted octanol–water partition coefficient (Wildman–Crippen LogP) is 2.65. The molecule has 0 aliphatic heterocycles. The van der Waals surface area contributed by atoms with Crippen LogP contribution in [0.4, 0.5) is 4.39 Å². The van der Waals surface area contributed by atoms with Crippen molar-refractivity contribution in [2.45, 2.75) is 25.0 Å². The van der Waals surface area contributed by atoms with Crippen molar-refractivity contribution >= 4 is 27.4 Å². The van der Waals surface area contributed by atoms with E-state index in [2.05, 4.69) is 0 Å². The van der Waals surface area contributed by atoms with Crippen LogP contribution in [0.25, 0.3) is 0 Å². The van der Waals surface area contributed by atoms with Gasteiger partial charge in [-0.2, -0.15) is 0 Å². The summed E-state index contributed by atoms with van der Waals surface area (Å²) in [4.78, 5) is 10.7. The second kappa shape index (κ2) is 5.33. The Morgan fingerprint density at radius 3 is 2.55 bits per heavy atom. The van der Waals surface area contributed by atoms with E-state index in [0.717, 1.165) is 6.07 Å². The molecule has 20 heavy (non-hydrogen) atoms. The van der Waals surface area contributed by atoms with E-state index < -0.39 is 27.0 Å². The van der Waals surface area contributed by atoms with Crippen molar-refractivity contribution in [1.29, 1.82) is 0 Å². The lowest BCUT2D eigenvalue weighted by Gasteiger charge is -2.13. The fourth-order valence-electron chi connectivity index (χ4n) is 2.27. The molecule has 0 radical (unpaired) electrons. The number of carboxylic acid groups (broad SMARTS) is 1. The Morgan fingerprint density at radius 1 is 1.40 bits per heavy atom. The summed E-state index contributed by atoms with van der Waals surface area (Å²) in [6.45, 7) is 0. The zero-order valence-electron chi connectivity index (χ0n) is 10.6. The molecule has 0 amide bonds. The smallest absolute Gasteiger partial charge is 0.303 e. The van der Waals surface area contributed by atoms with Crippen molar-refractivity contribution in [2.75, 3.05) is 5.75 Å². The average Bonchev–Trinajstić information content (AvgIpc) is 3.00. The number of hydrogen-bond acceptors (Lipinski definition) is 3. The molecule has 0 bridgehead atoms. The first-order valence-corrected chi connectivity index (χ1v) is 8.28. The molecule has 0 saturated heterocycles. The first kappa shape index (κ1) is 15.3. The SMILES string of the molecule is O=C(O)CC1(CS(=O)(=O)Cc2ccc(Cl)c(F)c2)CC1. The molecule has 1 N–H and O–H groups in total. The van der Waals surface area contributed by atoms with Gasteiger partial charge in [-0.25, -0.2) is 12.8 Å². The van der Waals surface area contributed by atoms with Crippen LogP contribution in [-0.2, 0) is 20.4 Å². The molecule has 0 unspecified atom stereocenters. The van der Waals surface area contributed by atoms with E-state index in [1.807, 2.05) is 0 Å². The second-order valence-electron chi connectivity index (χ2n) is 5.35. The average molecular weight is 321 g/mol. The molecule has 7 heteroatoms. The fourth-order valence-corrected chi connectivity index (χ4v) is 4.50. The maximum absolute atomic E-state index is 13.3. The highest BCUT2D eigenvalue weighted by molar-refractivity contribution is 7.90. The molecule has 1 aliphatic carbocycles. The topological polar surface area (TPSA) is 71.4 Å². The van der Waals surface area contributed by atoms with Gasteiger partial charge in [-0.05, 0) is 36.0 Å². The number of rotatable bonds is 6. The van der Waals surface area contributed by atoms with Gasteiger partial charge in [-0.1, -0.05) is 17.7 Å². The van der Waals surface area contributed by atoms with E-state index >= 15 is 0 Å². The molecule has 0 aromatic heterocycles.